The normalized spacial score (nSPS) is 22.1. The number of nitrogens with zero attached hydrogens (tertiary/aromatic N) is 2. The highest BCUT2D eigenvalue weighted by Crippen LogP contribution is 2.39. The van der Waals surface area contributed by atoms with E-state index in [0.29, 0.717) is 12.2 Å². The molecule has 1 aromatic rings. The van der Waals surface area contributed by atoms with Crippen LogP contribution in [0.5, 0.6) is 0 Å². The van der Waals surface area contributed by atoms with Gasteiger partial charge in [0.2, 0.25) is 0 Å². The highest BCUT2D eigenvalue weighted by atomic mass is 35.5. The zero-order valence-corrected chi connectivity index (χ0v) is 11.7. The average Bonchev–Trinajstić information content (AvgIpc) is 2.72. The lowest BCUT2D eigenvalue weighted by Gasteiger charge is -2.23. The lowest BCUT2D eigenvalue weighted by molar-refractivity contribution is -0.384. The van der Waals surface area contributed by atoms with Crippen LogP contribution in [0.4, 0.5) is 11.4 Å². The van der Waals surface area contributed by atoms with E-state index in [0.717, 1.165) is 0 Å². The van der Waals surface area contributed by atoms with E-state index >= 15 is 0 Å². The molecule has 0 amide bonds. The Morgan fingerprint density at radius 2 is 2.00 bits per heavy atom. The maximum absolute atomic E-state index is 11.1. The molecule has 1 unspecified atom stereocenters. The van der Waals surface area contributed by atoms with Gasteiger partial charge in [0.1, 0.15) is 5.54 Å². The van der Waals surface area contributed by atoms with Gasteiger partial charge < -0.3 is 15.7 Å². The topological polar surface area (TPSA) is 110 Å². The number of carboxylic acid groups (broad SMARTS) is 1. The van der Waals surface area contributed by atoms with Crippen molar-refractivity contribution >= 4 is 40.5 Å². The Morgan fingerprint density at radius 3 is 2.40 bits per heavy atom. The third-order valence-electron chi connectivity index (χ3n) is 3.26. The Balaban J connectivity index is 2.36. The smallest absolute Gasteiger partial charge is 0.325 e. The summed E-state index contributed by atoms with van der Waals surface area (Å²) >= 11 is 12.0. The maximum atomic E-state index is 11.1. The van der Waals surface area contributed by atoms with Gasteiger partial charge in [0.25, 0.3) is 5.69 Å². The first-order valence-corrected chi connectivity index (χ1v) is 6.41. The van der Waals surface area contributed by atoms with Crippen LogP contribution in [0, 0.1) is 10.1 Å². The molecule has 0 bridgehead atoms. The molecule has 1 saturated heterocycles. The molecular formula is C11H11Cl2N3O4. The van der Waals surface area contributed by atoms with Crippen LogP contribution in [0.1, 0.15) is 6.42 Å². The van der Waals surface area contributed by atoms with Crippen molar-refractivity contribution < 1.29 is 14.8 Å². The molecule has 20 heavy (non-hydrogen) atoms. The zero-order chi connectivity index (χ0) is 15.1. The SMILES string of the molecule is NC1(C(=O)O)CCN(c2c(Cl)cc([N+](=O)[O-])cc2Cl)C1. The summed E-state index contributed by atoms with van der Waals surface area (Å²) in [7, 11) is 0. The fraction of sp³-hybridized carbons (Fsp3) is 0.364. The van der Waals surface area contributed by atoms with Crippen LogP contribution in [0.2, 0.25) is 10.0 Å². The van der Waals surface area contributed by atoms with Crippen LogP contribution in [0.3, 0.4) is 0 Å². The number of nitro groups is 1. The standard InChI is InChI=1S/C11H11Cl2N3O4/c12-7-3-6(16(19)20)4-8(13)9(7)15-2-1-11(14,5-15)10(17)18/h3-4H,1-2,5,14H2,(H,17,18). The van der Waals surface area contributed by atoms with Crippen molar-refractivity contribution in [2.75, 3.05) is 18.0 Å². The predicted molar refractivity (Wildman–Crippen MR) is 74.5 cm³/mol. The minimum absolute atomic E-state index is 0.0413. The second-order valence-corrected chi connectivity index (χ2v) is 5.46. The Kier molecular flexibility index (Phi) is 3.77. The quantitative estimate of drug-likeness (QED) is 0.650. The number of rotatable bonds is 3. The summed E-state index contributed by atoms with van der Waals surface area (Å²) in [5.41, 5.74) is 4.55. The highest BCUT2D eigenvalue weighted by molar-refractivity contribution is 6.39. The van der Waals surface area contributed by atoms with Gasteiger partial charge in [-0.15, -0.1) is 0 Å². The summed E-state index contributed by atoms with van der Waals surface area (Å²) in [6.07, 6.45) is 0.242. The Hall–Kier alpha value is -1.57. The van der Waals surface area contributed by atoms with Gasteiger partial charge in [0.05, 0.1) is 20.7 Å². The first-order valence-electron chi connectivity index (χ1n) is 5.65. The lowest BCUT2D eigenvalue weighted by atomic mass is 10.0. The van der Waals surface area contributed by atoms with E-state index in [1.165, 1.54) is 12.1 Å². The van der Waals surface area contributed by atoms with E-state index in [4.69, 9.17) is 34.0 Å². The average molecular weight is 320 g/mol. The van der Waals surface area contributed by atoms with Gasteiger partial charge in [-0.1, -0.05) is 23.2 Å². The molecule has 1 aliphatic rings. The number of carbonyl (C=O) groups is 1. The molecule has 9 heteroatoms. The largest absolute Gasteiger partial charge is 0.480 e. The number of halogens is 2. The van der Waals surface area contributed by atoms with Crippen molar-refractivity contribution in [3.05, 3.63) is 32.3 Å². The van der Waals surface area contributed by atoms with Gasteiger partial charge in [0, 0.05) is 25.2 Å². The van der Waals surface area contributed by atoms with Crippen molar-refractivity contribution in [3.8, 4) is 0 Å². The second kappa shape index (κ2) is 5.08. The third-order valence-corrected chi connectivity index (χ3v) is 3.83. The fourth-order valence-electron chi connectivity index (χ4n) is 2.16. The lowest BCUT2D eigenvalue weighted by Crippen LogP contribution is -2.50. The molecule has 0 saturated carbocycles. The monoisotopic (exact) mass is 319 g/mol. The molecule has 2 rings (SSSR count). The van der Waals surface area contributed by atoms with Crippen molar-refractivity contribution in [1.29, 1.82) is 0 Å². The Morgan fingerprint density at radius 1 is 1.45 bits per heavy atom. The van der Waals surface area contributed by atoms with Crippen LogP contribution in [-0.4, -0.2) is 34.6 Å². The van der Waals surface area contributed by atoms with E-state index in [9.17, 15) is 14.9 Å². The van der Waals surface area contributed by atoms with E-state index < -0.39 is 16.4 Å². The molecule has 1 aromatic carbocycles. The number of anilines is 1. The molecule has 0 aliphatic carbocycles. The summed E-state index contributed by atoms with van der Waals surface area (Å²) in [6.45, 7) is 0.402. The van der Waals surface area contributed by atoms with Crippen LogP contribution < -0.4 is 10.6 Å². The number of non-ortho nitro benzene ring substituents is 1. The Labute approximate surface area is 124 Å². The van der Waals surface area contributed by atoms with Gasteiger partial charge in [-0.3, -0.25) is 14.9 Å². The van der Waals surface area contributed by atoms with Crippen LogP contribution in [-0.2, 0) is 4.79 Å². The molecule has 1 aliphatic heterocycles. The van der Waals surface area contributed by atoms with Crippen molar-refractivity contribution in [1.82, 2.24) is 0 Å². The van der Waals surface area contributed by atoms with Crippen molar-refractivity contribution in [3.63, 3.8) is 0 Å². The summed E-state index contributed by atoms with van der Waals surface area (Å²) < 4.78 is 0. The van der Waals surface area contributed by atoms with Crippen LogP contribution >= 0.6 is 23.2 Å². The minimum atomic E-state index is -1.37. The molecule has 1 fully saturated rings. The second-order valence-electron chi connectivity index (χ2n) is 4.65. The molecule has 1 atom stereocenters. The third kappa shape index (κ3) is 2.52. The van der Waals surface area contributed by atoms with E-state index in [1.807, 2.05) is 0 Å². The molecule has 0 spiro atoms. The number of hydrogen-bond donors (Lipinski definition) is 2. The number of hydrogen-bond acceptors (Lipinski definition) is 5. The number of nitro benzene ring substituents is 1. The molecular weight excluding hydrogens is 309 g/mol. The first kappa shape index (κ1) is 14.8. The number of aliphatic carboxylic acids is 1. The minimum Gasteiger partial charge on any atom is -0.480 e. The zero-order valence-electron chi connectivity index (χ0n) is 10.2. The summed E-state index contributed by atoms with van der Waals surface area (Å²) in [5, 5.41) is 20.0. The fourth-order valence-corrected chi connectivity index (χ4v) is 2.87. The van der Waals surface area contributed by atoms with Crippen molar-refractivity contribution in [2.24, 2.45) is 5.73 Å². The molecule has 3 N–H and O–H groups in total. The van der Waals surface area contributed by atoms with E-state index in [1.54, 1.807) is 4.90 Å². The van der Waals surface area contributed by atoms with Crippen LogP contribution in [0.25, 0.3) is 0 Å². The van der Waals surface area contributed by atoms with E-state index in [-0.39, 0.29) is 28.7 Å². The predicted octanol–water partition coefficient (Wildman–Crippen LogP) is 1.89. The van der Waals surface area contributed by atoms with Gasteiger partial charge >= 0.3 is 5.97 Å². The molecule has 1 heterocycles. The Bertz CT molecular complexity index is 572. The van der Waals surface area contributed by atoms with Gasteiger partial charge in [-0.2, -0.15) is 0 Å². The number of benzene rings is 1. The summed E-state index contributed by atoms with van der Waals surface area (Å²) in [6, 6.07) is 2.36. The molecule has 0 aromatic heterocycles. The summed E-state index contributed by atoms with van der Waals surface area (Å²) in [4.78, 5) is 22.8. The number of carboxylic acids is 1. The summed E-state index contributed by atoms with van der Waals surface area (Å²) in [5.74, 6) is -1.10. The molecule has 0 radical (unpaired) electrons. The molecule has 7 nitrogen and oxygen atoms in total. The van der Waals surface area contributed by atoms with E-state index in [2.05, 4.69) is 0 Å². The maximum Gasteiger partial charge on any atom is 0.325 e. The first-order chi connectivity index (χ1) is 9.24. The van der Waals surface area contributed by atoms with Gasteiger partial charge in [-0.25, -0.2) is 0 Å². The van der Waals surface area contributed by atoms with Gasteiger partial charge in [-0.05, 0) is 6.42 Å². The van der Waals surface area contributed by atoms with Gasteiger partial charge in [0.15, 0.2) is 0 Å². The number of nitrogens with two attached hydrogens (primary N) is 1. The molecule has 108 valence electrons. The van der Waals surface area contributed by atoms with Crippen LogP contribution in [0.15, 0.2) is 12.1 Å². The van der Waals surface area contributed by atoms with Crippen molar-refractivity contribution in [2.45, 2.75) is 12.0 Å². The highest BCUT2D eigenvalue weighted by Gasteiger charge is 2.42.